The van der Waals surface area contributed by atoms with Crippen LogP contribution in [0.1, 0.15) is 15.9 Å². The number of nitrogen functional groups attached to an aromatic ring is 2. The summed E-state index contributed by atoms with van der Waals surface area (Å²) in [6, 6.07) is 16.6. The smallest absolute Gasteiger partial charge is 0.251 e. The molecule has 0 bridgehead atoms. The zero-order valence-corrected chi connectivity index (χ0v) is 11.9. The van der Waals surface area contributed by atoms with Crippen LogP contribution >= 0.6 is 0 Å². The van der Waals surface area contributed by atoms with Crippen molar-refractivity contribution in [3.63, 3.8) is 0 Å². The third-order valence-electron chi connectivity index (χ3n) is 3.43. The molecule has 1 amide bonds. The molecule has 3 rings (SSSR count). The van der Waals surface area contributed by atoms with Crippen molar-refractivity contribution in [2.75, 3.05) is 11.5 Å². The highest BCUT2D eigenvalue weighted by Crippen LogP contribution is 2.22. The van der Waals surface area contributed by atoms with Crippen LogP contribution in [0.2, 0.25) is 0 Å². The van der Waals surface area contributed by atoms with Crippen LogP contribution in [0.5, 0.6) is 0 Å². The summed E-state index contributed by atoms with van der Waals surface area (Å²) >= 11 is 0. The molecular weight excluding hydrogens is 276 g/mol. The number of nitrogens with two attached hydrogens (primary N) is 2. The van der Waals surface area contributed by atoms with E-state index < -0.39 is 0 Å². The van der Waals surface area contributed by atoms with E-state index in [4.69, 9.17) is 11.5 Å². The van der Waals surface area contributed by atoms with Gasteiger partial charge in [0.25, 0.3) is 5.91 Å². The van der Waals surface area contributed by atoms with Crippen molar-refractivity contribution < 1.29 is 4.79 Å². The van der Waals surface area contributed by atoms with Gasteiger partial charge in [-0.15, -0.1) is 0 Å². The Kier molecular flexibility index (Phi) is 3.62. The summed E-state index contributed by atoms with van der Waals surface area (Å²) < 4.78 is 0. The minimum absolute atomic E-state index is 0.102. The first kappa shape index (κ1) is 13.9. The Morgan fingerprint density at radius 2 is 1.82 bits per heavy atom. The lowest BCUT2D eigenvalue weighted by Crippen LogP contribution is -2.22. The van der Waals surface area contributed by atoms with Gasteiger partial charge < -0.3 is 16.8 Å². The van der Waals surface area contributed by atoms with Crippen LogP contribution in [0.15, 0.2) is 54.6 Å². The van der Waals surface area contributed by atoms with E-state index in [9.17, 15) is 4.79 Å². The number of hydrogen-bond donors (Lipinski definition) is 3. The second kappa shape index (κ2) is 5.73. The van der Waals surface area contributed by atoms with E-state index in [0.29, 0.717) is 23.7 Å². The fourth-order valence-corrected chi connectivity index (χ4v) is 2.34. The van der Waals surface area contributed by atoms with E-state index in [1.807, 2.05) is 36.4 Å². The second-order valence-electron chi connectivity index (χ2n) is 5.04. The van der Waals surface area contributed by atoms with Gasteiger partial charge in [-0.3, -0.25) is 4.79 Å². The van der Waals surface area contributed by atoms with Crippen LogP contribution in [0, 0.1) is 0 Å². The third-order valence-corrected chi connectivity index (χ3v) is 3.43. The molecule has 0 saturated heterocycles. The molecule has 22 heavy (non-hydrogen) atoms. The van der Waals surface area contributed by atoms with E-state index in [1.165, 1.54) is 0 Å². The Morgan fingerprint density at radius 3 is 2.59 bits per heavy atom. The maximum atomic E-state index is 12.0. The molecule has 0 radical (unpaired) electrons. The average molecular weight is 292 g/mol. The first-order valence-electron chi connectivity index (χ1n) is 6.91. The topological polar surface area (TPSA) is 94.0 Å². The fourth-order valence-electron chi connectivity index (χ4n) is 2.34. The predicted octanol–water partition coefficient (Wildman–Crippen LogP) is 2.33. The quantitative estimate of drug-likeness (QED) is 0.690. The number of rotatable bonds is 3. The molecule has 5 heteroatoms. The van der Waals surface area contributed by atoms with Crippen molar-refractivity contribution in [1.82, 2.24) is 10.3 Å². The van der Waals surface area contributed by atoms with Gasteiger partial charge in [-0.25, -0.2) is 4.98 Å². The van der Waals surface area contributed by atoms with Crippen molar-refractivity contribution in [2.24, 2.45) is 0 Å². The van der Waals surface area contributed by atoms with Crippen LogP contribution in [0.4, 0.5) is 11.6 Å². The Hall–Kier alpha value is -3.08. The number of nitrogens with zero attached hydrogens (tertiary/aromatic N) is 1. The number of anilines is 2. The van der Waals surface area contributed by atoms with Crippen molar-refractivity contribution in [1.29, 1.82) is 0 Å². The maximum Gasteiger partial charge on any atom is 0.251 e. The lowest BCUT2D eigenvalue weighted by atomic mass is 10.1. The summed E-state index contributed by atoms with van der Waals surface area (Å²) in [6.07, 6.45) is 0. The Labute approximate surface area is 128 Å². The van der Waals surface area contributed by atoms with Crippen LogP contribution in [0.3, 0.4) is 0 Å². The van der Waals surface area contributed by atoms with Crippen LogP contribution in [-0.4, -0.2) is 10.9 Å². The molecule has 0 atom stereocenters. The molecule has 3 aromatic rings. The molecule has 5 nitrogen and oxygen atoms in total. The lowest BCUT2D eigenvalue weighted by Gasteiger charge is -2.08. The minimum Gasteiger partial charge on any atom is -0.384 e. The van der Waals surface area contributed by atoms with Gasteiger partial charge in [-0.2, -0.15) is 0 Å². The van der Waals surface area contributed by atoms with E-state index >= 15 is 0 Å². The average Bonchev–Trinajstić information content (AvgIpc) is 2.53. The predicted molar refractivity (Wildman–Crippen MR) is 88.2 cm³/mol. The molecule has 0 saturated carbocycles. The van der Waals surface area contributed by atoms with Crippen LogP contribution in [-0.2, 0) is 6.54 Å². The Bertz CT molecular complexity index is 831. The molecule has 0 aliphatic carbocycles. The molecule has 1 heterocycles. The number of pyridine rings is 1. The molecule has 0 unspecified atom stereocenters. The number of benzene rings is 2. The van der Waals surface area contributed by atoms with E-state index in [2.05, 4.69) is 10.3 Å². The van der Waals surface area contributed by atoms with Gasteiger partial charge in [0.2, 0.25) is 0 Å². The monoisotopic (exact) mass is 292 g/mol. The normalized spacial score (nSPS) is 10.5. The lowest BCUT2D eigenvalue weighted by molar-refractivity contribution is 0.0951. The van der Waals surface area contributed by atoms with Crippen molar-refractivity contribution in [2.45, 2.75) is 6.54 Å². The number of carbonyl (C=O) groups excluding carboxylic acids is 1. The van der Waals surface area contributed by atoms with E-state index in [1.54, 1.807) is 18.2 Å². The summed E-state index contributed by atoms with van der Waals surface area (Å²) in [4.78, 5) is 16.1. The Balaban J connectivity index is 1.78. The molecule has 0 fully saturated rings. The van der Waals surface area contributed by atoms with E-state index in [-0.39, 0.29) is 5.91 Å². The Morgan fingerprint density at radius 1 is 1.05 bits per heavy atom. The first-order valence-corrected chi connectivity index (χ1v) is 6.91. The van der Waals surface area contributed by atoms with Gasteiger partial charge in [-0.1, -0.05) is 30.3 Å². The maximum absolute atomic E-state index is 12.0. The second-order valence-corrected chi connectivity index (χ2v) is 5.04. The molecule has 2 aromatic carbocycles. The number of fused-ring (bicyclic) bond motifs is 1. The van der Waals surface area contributed by atoms with Gasteiger partial charge in [-0.05, 0) is 35.2 Å². The summed E-state index contributed by atoms with van der Waals surface area (Å²) in [6.45, 7) is 0.436. The fraction of sp³-hybridized carbons (Fsp3) is 0.0588. The number of amides is 1. The molecule has 1 aromatic heterocycles. The molecule has 5 N–H and O–H groups in total. The SMILES string of the molecule is Nc1cc2cc(CNC(=O)c3ccccc3)ccc2c(N)n1. The summed E-state index contributed by atoms with van der Waals surface area (Å²) in [5.74, 6) is 0.694. The zero-order valence-electron chi connectivity index (χ0n) is 11.9. The highest BCUT2D eigenvalue weighted by Gasteiger charge is 2.06. The summed E-state index contributed by atoms with van der Waals surface area (Å²) in [5, 5.41) is 4.66. The zero-order chi connectivity index (χ0) is 15.5. The standard InChI is InChI=1S/C17H16N4O/c18-15-9-13-8-11(6-7-14(13)16(19)21-15)10-20-17(22)12-4-2-1-3-5-12/h1-9H,10H2,(H,20,22)(H4,18,19,21). The van der Waals surface area contributed by atoms with Crippen LogP contribution < -0.4 is 16.8 Å². The van der Waals surface area contributed by atoms with Crippen molar-refractivity contribution in [3.05, 3.63) is 65.7 Å². The number of hydrogen-bond acceptors (Lipinski definition) is 4. The van der Waals surface area contributed by atoms with Gasteiger partial charge in [0, 0.05) is 17.5 Å². The van der Waals surface area contributed by atoms with Gasteiger partial charge in [0.05, 0.1) is 0 Å². The third kappa shape index (κ3) is 2.83. The molecule has 0 spiro atoms. The van der Waals surface area contributed by atoms with Crippen LogP contribution in [0.25, 0.3) is 10.8 Å². The molecular formula is C17H16N4O. The van der Waals surface area contributed by atoms with Crippen molar-refractivity contribution in [3.8, 4) is 0 Å². The number of aromatic nitrogens is 1. The van der Waals surface area contributed by atoms with Crippen molar-refractivity contribution >= 4 is 28.3 Å². The molecule has 0 aliphatic heterocycles. The summed E-state index contributed by atoms with van der Waals surface area (Å²) in [5.41, 5.74) is 13.2. The molecule has 0 aliphatic rings. The highest BCUT2D eigenvalue weighted by atomic mass is 16.1. The number of carbonyl (C=O) groups is 1. The largest absolute Gasteiger partial charge is 0.384 e. The summed E-state index contributed by atoms with van der Waals surface area (Å²) in [7, 11) is 0. The number of nitrogens with one attached hydrogen (secondary N) is 1. The van der Waals surface area contributed by atoms with E-state index in [0.717, 1.165) is 16.3 Å². The minimum atomic E-state index is -0.102. The van der Waals surface area contributed by atoms with Gasteiger partial charge in [0.1, 0.15) is 11.6 Å². The highest BCUT2D eigenvalue weighted by molar-refractivity contribution is 5.95. The van der Waals surface area contributed by atoms with Gasteiger partial charge in [0.15, 0.2) is 0 Å². The van der Waals surface area contributed by atoms with Gasteiger partial charge >= 0.3 is 0 Å². The molecule has 110 valence electrons. The first-order chi connectivity index (χ1) is 10.6.